The summed E-state index contributed by atoms with van der Waals surface area (Å²) in [6.07, 6.45) is 1.09. The molecule has 6 heteroatoms. The van der Waals surface area contributed by atoms with Crippen molar-refractivity contribution in [1.29, 1.82) is 0 Å². The molecule has 162 valence electrons. The van der Waals surface area contributed by atoms with E-state index in [1.807, 2.05) is 75.1 Å². The van der Waals surface area contributed by atoms with Crippen LogP contribution in [0.1, 0.15) is 44.7 Å². The molecule has 5 nitrogen and oxygen atoms in total. The third kappa shape index (κ3) is 5.10. The Kier molecular flexibility index (Phi) is 6.68. The molecule has 1 amide bonds. The van der Waals surface area contributed by atoms with Gasteiger partial charge in [-0.25, -0.2) is 8.42 Å². The van der Waals surface area contributed by atoms with Gasteiger partial charge in [-0.1, -0.05) is 48.0 Å². The van der Waals surface area contributed by atoms with Gasteiger partial charge >= 0.3 is 0 Å². The van der Waals surface area contributed by atoms with Crippen LogP contribution in [0, 0.1) is 12.8 Å². The first-order chi connectivity index (χ1) is 14.1. The van der Waals surface area contributed by atoms with Gasteiger partial charge in [0, 0.05) is 31.1 Å². The van der Waals surface area contributed by atoms with E-state index in [9.17, 15) is 13.2 Å². The molecular weight excluding hydrogens is 396 g/mol. The minimum Gasteiger partial charge on any atom is -0.333 e. The van der Waals surface area contributed by atoms with Gasteiger partial charge in [0.25, 0.3) is 0 Å². The van der Waals surface area contributed by atoms with Crippen molar-refractivity contribution >= 4 is 15.9 Å². The standard InChI is InChI=1S/C24H32N2O3S/c1-19-10-12-22(13-11-19)30(28,29)25-16-14-21(15-17-25)23(27)26(24(2,3)4)18-20-8-6-5-7-9-20/h5-13,21H,14-18H2,1-4H3. The maximum Gasteiger partial charge on any atom is 0.243 e. The average Bonchev–Trinajstić information content (AvgIpc) is 2.72. The fourth-order valence-corrected chi connectivity index (χ4v) is 5.30. The molecule has 0 aliphatic carbocycles. The molecule has 0 radical (unpaired) electrons. The number of carbonyl (C=O) groups excluding carboxylic acids is 1. The molecule has 1 aliphatic heterocycles. The highest BCUT2D eigenvalue weighted by Crippen LogP contribution is 2.28. The van der Waals surface area contributed by atoms with Crippen molar-refractivity contribution in [1.82, 2.24) is 9.21 Å². The molecule has 0 aromatic heterocycles. The zero-order valence-corrected chi connectivity index (χ0v) is 19.2. The summed E-state index contributed by atoms with van der Waals surface area (Å²) in [6.45, 7) is 9.38. The highest BCUT2D eigenvalue weighted by molar-refractivity contribution is 7.89. The van der Waals surface area contributed by atoms with E-state index in [-0.39, 0.29) is 17.4 Å². The Morgan fingerprint density at radius 2 is 1.57 bits per heavy atom. The van der Waals surface area contributed by atoms with Gasteiger partial charge < -0.3 is 4.90 Å². The van der Waals surface area contributed by atoms with Gasteiger partial charge in [0.05, 0.1) is 4.90 Å². The highest BCUT2D eigenvalue weighted by Gasteiger charge is 2.36. The lowest BCUT2D eigenvalue weighted by atomic mass is 9.93. The van der Waals surface area contributed by atoms with E-state index in [4.69, 9.17) is 0 Å². The van der Waals surface area contributed by atoms with E-state index < -0.39 is 10.0 Å². The second-order valence-corrected chi connectivity index (χ2v) is 11.0. The Bertz CT molecular complexity index is 956. The van der Waals surface area contributed by atoms with E-state index in [0.29, 0.717) is 37.4 Å². The Labute approximate surface area is 180 Å². The van der Waals surface area contributed by atoms with E-state index in [2.05, 4.69) is 0 Å². The predicted molar refractivity (Wildman–Crippen MR) is 119 cm³/mol. The molecule has 0 N–H and O–H groups in total. The fraction of sp³-hybridized carbons (Fsp3) is 0.458. The van der Waals surface area contributed by atoms with Gasteiger partial charge in [0.15, 0.2) is 0 Å². The number of hydrogen-bond donors (Lipinski definition) is 0. The summed E-state index contributed by atoms with van der Waals surface area (Å²) in [5.41, 5.74) is 1.82. The molecule has 3 rings (SSSR count). The lowest BCUT2D eigenvalue weighted by Gasteiger charge is -2.40. The van der Waals surface area contributed by atoms with E-state index in [1.165, 1.54) is 4.31 Å². The number of aryl methyl sites for hydroxylation is 1. The molecular formula is C24H32N2O3S. The summed E-state index contributed by atoms with van der Waals surface area (Å²) in [5.74, 6) is -0.0452. The second-order valence-electron chi connectivity index (χ2n) is 9.07. The molecule has 0 unspecified atom stereocenters. The van der Waals surface area contributed by atoms with Gasteiger partial charge in [-0.3, -0.25) is 4.79 Å². The Balaban J connectivity index is 1.69. The van der Waals surface area contributed by atoms with Gasteiger partial charge in [-0.15, -0.1) is 0 Å². The quantitative estimate of drug-likeness (QED) is 0.716. The fourth-order valence-electron chi connectivity index (χ4n) is 3.83. The van der Waals surface area contributed by atoms with Crippen LogP contribution in [0.4, 0.5) is 0 Å². The summed E-state index contributed by atoms with van der Waals surface area (Å²) in [4.78, 5) is 15.6. The van der Waals surface area contributed by atoms with Crippen molar-refractivity contribution in [2.24, 2.45) is 5.92 Å². The minimum atomic E-state index is -3.52. The molecule has 2 aromatic carbocycles. The molecule has 1 fully saturated rings. The number of sulfonamides is 1. The molecule has 2 aromatic rings. The van der Waals surface area contributed by atoms with Crippen LogP contribution in [0.2, 0.25) is 0 Å². The second kappa shape index (κ2) is 8.90. The number of carbonyl (C=O) groups is 1. The molecule has 0 bridgehead atoms. The third-order valence-electron chi connectivity index (χ3n) is 5.72. The highest BCUT2D eigenvalue weighted by atomic mass is 32.2. The summed E-state index contributed by atoms with van der Waals surface area (Å²) in [6, 6.07) is 16.9. The number of benzene rings is 2. The number of hydrogen-bond acceptors (Lipinski definition) is 3. The average molecular weight is 429 g/mol. The van der Waals surface area contributed by atoms with Crippen LogP contribution in [0.25, 0.3) is 0 Å². The summed E-state index contributed by atoms with van der Waals surface area (Å²) >= 11 is 0. The molecule has 1 heterocycles. The zero-order chi connectivity index (χ0) is 21.9. The number of amides is 1. The third-order valence-corrected chi connectivity index (χ3v) is 7.63. The smallest absolute Gasteiger partial charge is 0.243 e. The van der Waals surface area contributed by atoms with E-state index in [0.717, 1.165) is 11.1 Å². The molecule has 30 heavy (non-hydrogen) atoms. The van der Waals surface area contributed by atoms with Crippen molar-refractivity contribution in [2.45, 2.75) is 57.5 Å². The van der Waals surface area contributed by atoms with Crippen LogP contribution in [0.15, 0.2) is 59.5 Å². The van der Waals surface area contributed by atoms with Crippen LogP contribution in [-0.2, 0) is 21.4 Å². The van der Waals surface area contributed by atoms with Crippen LogP contribution in [-0.4, -0.2) is 42.2 Å². The Morgan fingerprint density at radius 3 is 2.10 bits per heavy atom. The van der Waals surface area contributed by atoms with E-state index in [1.54, 1.807) is 12.1 Å². The van der Waals surface area contributed by atoms with Crippen LogP contribution in [0.5, 0.6) is 0 Å². The van der Waals surface area contributed by atoms with Gasteiger partial charge in [-0.2, -0.15) is 4.31 Å². The first kappa shape index (κ1) is 22.5. The molecule has 0 saturated carbocycles. The van der Waals surface area contributed by atoms with Crippen LogP contribution >= 0.6 is 0 Å². The lowest BCUT2D eigenvalue weighted by Crippen LogP contribution is -2.50. The number of nitrogens with zero attached hydrogens (tertiary/aromatic N) is 2. The first-order valence-corrected chi connectivity index (χ1v) is 12.0. The largest absolute Gasteiger partial charge is 0.333 e. The van der Waals surface area contributed by atoms with E-state index >= 15 is 0 Å². The lowest BCUT2D eigenvalue weighted by molar-refractivity contribution is -0.142. The summed E-state index contributed by atoms with van der Waals surface area (Å²) < 4.78 is 27.4. The minimum absolute atomic E-state index is 0.110. The first-order valence-electron chi connectivity index (χ1n) is 10.5. The van der Waals surface area contributed by atoms with Crippen molar-refractivity contribution in [2.75, 3.05) is 13.1 Å². The topological polar surface area (TPSA) is 57.7 Å². The maximum absolute atomic E-state index is 13.4. The predicted octanol–water partition coefficient (Wildman–Crippen LogP) is 4.22. The number of rotatable bonds is 5. The van der Waals surface area contributed by atoms with Crippen molar-refractivity contribution in [3.8, 4) is 0 Å². The number of piperidine rings is 1. The van der Waals surface area contributed by atoms with Gasteiger partial charge in [0.2, 0.25) is 15.9 Å². The van der Waals surface area contributed by atoms with Crippen molar-refractivity contribution in [3.05, 3.63) is 65.7 Å². The zero-order valence-electron chi connectivity index (χ0n) is 18.3. The molecule has 0 spiro atoms. The van der Waals surface area contributed by atoms with Gasteiger partial charge in [-0.05, 0) is 58.2 Å². The summed E-state index contributed by atoms with van der Waals surface area (Å²) in [7, 11) is -3.52. The van der Waals surface area contributed by atoms with Crippen molar-refractivity contribution in [3.63, 3.8) is 0 Å². The monoisotopic (exact) mass is 428 g/mol. The van der Waals surface area contributed by atoms with Crippen LogP contribution < -0.4 is 0 Å². The molecule has 0 atom stereocenters. The van der Waals surface area contributed by atoms with Crippen LogP contribution in [0.3, 0.4) is 0 Å². The molecule has 1 saturated heterocycles. The van der Waals surface area contributed by atoms with Gasteiger partial charge in [0.1, 0.15) is 0 Å². The maximum atomic E-state index is 13.4. The SMILES string of the molecule is Cc1ccc(S(=O)(=O)N2CCC(C(=O)N(Cc3ccccc3)C(C)(C)C)CC2)cc1. The molecule has 1 aliphatic rings. The Morgan fingerprint density at radius 1 is 1.00 bits per heavy atom. The van der Waals surface area contributed by atoms with Crippen molar-refractivity contribution < 1.29 is 13.2 Å². The summed E-state index contributed by atoms with van der Waals surface area (Å²) in [5, 5.41) is 0. The Hall–Kier alpha value is -2.18. The normalized spacial score (nSPS) is 16.4.